The van der Waals surface area contributed by atoms with Crippen LogP contribution in [0.5, 0.6) is 5.75 Å². The van der Waals surface area contributed by atoms with E-state index in [0.717, 1.165) is 0 Å². The molecule has 4 nitrogen and oxygen atoms in total. The molecule has 5 heteroatoms. The molecular weight excluding hydrogens is 307 g/mol. The Labute approximate surface area is 144 Å². The van der Waals surface area contributed by atoms with Gasteiger partial charge in [0.25, 0.3) is 0 Å². The van der Waals surface area contributed by atoms with E-state index in [1.165, 1.54) is 42.5 Å². The lowest BCUT2D eigenvalue weighted by molar-refractivity contribution is 0.126. The van der Waals surface area contributed by atoms with Crippen LogP contribution in [0.2, 0.25) is 0 Å². The third-order valence-electron chi connectivity index (χ3n) is 3.11. The van der Waals surface area contributed by atoms with Gasteiger partial charge in [0.15, 0.2) is 0 Å². The van der Waals surface area contributed by atoms with Crippen molar-refractivity contribution in [3.8, 4) is 5.75 Å². The highest BCUT2D eigenvalue weighted by atomic mass is 19.1. The van der Waals surface area contributed by atoms with E-state index in [-0.39, 0.29) is 35.7 Å². The average molecular weight is 330 g/mol. The normalized spacial score (nSPS) is 14.1. The Morgan fingerprint density at radius 2 is 1.96 bits per heavy atom. The number of oxime groups is 1. The van der Waals surface area contributed by atoms with Gasteiger partial charge in [-0.3, -0.25) is 0 Å². The first-order valence-corrected chi connectivity index (χ1v) is 7.47. The number of nitrogens with zero attached hydrogens (tertiary/aromatic N) is 2. The summed E-state index contributed by atoms with van der Waals surface area (Å²) in [6.07, 6.45) is 0. The summed E-state index contributed by atoms with van der Waals surface area (Å²) < 4.78 is 30.8. The van der Waals surface area contributed by atoms with Crippen molar-refractivity contribution in [3.05, 3.63) is 71.5 Å². The Morgan fingerprint density at radius 1 is 1.25 bits per heavy atom. The number of likely N-dealkylation sites (N-methyl/N-ethyl adjacent to an activating group) is 1. The van der Waals surface area contributed by atoms with Gasteiger partial charge in [0.05, 0.1) is 2.74 Å². The van der Waals surface area contributed by atoms with Gasteiger partial charge < -0.3 is 14.8 Å². The van der Waals surface area contributed by atoms with Crippen LogP contribution < -0.4 is 0 Å². The van der Waals surface area contributed by atoms with Crippen LogP contribution in [0.25, 0.3) is 6.05 Å². The number of hydrogen-bond donors (Lipinski definition) is 1. The Morgan fingerprint density at radius 3 is 2.62 bits per heavy atom. The molecule has 0 saturated heterocycles. The number of hydrogen-bond acceptors (Lipinski definition) is 4. The average Bonchev–Trinajstić information content (AvgIpc) is 2.62. The summed E-state index contributed by atoms with van der Waals surface area (Å²) in [5.74, 6) is -0.492. The highest BCUT2D eigenvalue weighted by molar-refractivity contribution is 6.10. The summed E-state index contributed by atoms with van der Waals surface area (Å²) >= 11 is 0. The summed E-state index contributed by atoms with van der Waals surface area (Å²) in [6, 6.07) is 11.4. The maximum Gasteiger partial charge on any atom is 0.132 e. The highest BCUT2D eigenvalue weighted by Crippen LogP contribution is 2.13. The first kappa shape index (κ1) is 14.9. The van der Waals surface area contributed by atoms with E-state index >= 15 is 0 Å². The van der Waals surface area contributed by atoms with E-state index in [0.29, 0.717) is 12.1 Å². The van der Waals surface area contributed by atoms with Crippen LogP contribution in [0.3, 0.4) is 0 Å². The fourth-order valence-electron chi connectivity index (χ4n) is 1.80. The lowest BCUT2D eigenvalue weighted by atomic mass is 10.1. The molecule has 0 aliphatic carbocycles. The number of phenolic OH excluding ortho intramolecular Hbond substituents is 1. The standard InChI is InChI=1S/C19H21FN2O2/c1-22(2)13-14-24-21-19(17-5-3-4-6-18(17)20)12-9-15-7-10-16(23)11-8-15/h3-12,23H,13-14H2,1-2H3/b12-9+,21-19+/i9D,12D. The van der Waals surface area contributed by atoms with Crippen LogP contribution in [0.4, 0.5) is 4.39 Å². The second kappa shape index (κ2) is 8.84. The third-order valence-corrected chi connectivity index (χ3v) is 3.11. The van der Waals surface area contributed by atoms with Crippen molar-refractivity contribution in [1.29, 1.82) is 0 Å². The molecule has 0 amide bonds. The van der Waals surface area contributed by atoms with Crippen LogP contribution in [0, 0.1) is 5.82 Å². The molecule has 2 rings (SSSR count). The third kappa shape index (κ3) is 5.52. The molecule has 2 aromatic rings. The molecule has 2 aromatic carbocycles. The van der Waals surface area contributed by atoms with Crippen LogP contribution >= 0.6 is 0 Å². The van der Waals surface area contributed by atoms with Crippen LogP contribution in [-0.4, -0.2) is 43.0 Å². The summed E-state index contributed by atoms with van der Waals surface area (Å²) in [7, 11) is 3.76. The molecule has 0 atom stereocenters. The van der Waals surface area contributed by atoms with E-state index < -0.39 is 5.82 Å². The van der Waals surface area contributed by atoms with Crippen LogP contribution in [0.1, 0.15) is 13.9 Å². The fraction of sp³-hybridized carbons (Fsp3) is 0.211. The van der Waals surface area contributed by atoms with Crippen molar-refractivity contribution < 1.29 is 17.1 Å². The Balaban J connectivity index is 2.42. The number of allylic oxidation sites excluding steroid dienone is 1. The van der Waals surface area contributed by atoms with E-state index in [1.807, 2.05) is 19.0 Å². The molecule has 0 spiro atoms. The summed E-state index contributed by atoms with van der Waals surface area (Å²) in [4.78, 5) is 7.15. The first-order valence-electron chi connectivity index (χ1n) is 8.47. The van der Waals surface area contributed by atoms with Crippen molar-refractivity contribution >= 4 is 11.8 Å². The molecule has 0 aliphatic rings. The van der Waals surface area contributed by atoms with Crippen molar-refractivity contribution in [3.63, 3.8) is 0 Å². The quantitative estimate of drug-likeness (QED) is 0.480. The molecule has 0 fully saturated rings. The van der Waals surface area contributed by atoms with Gasteiger partial charge in [0.1, 0.15) is 23.9 Å². The van der Waals surface area contributed by atoms with Crippen LogP contribution in [-0.2, 0) is 4.84 Å². The van der Waals surface area contributed by atoms with Crippen molar-refractivity contribution in [2.24, 2.45) is 5.16 Å². The Kier molecular flexibility index (Phi) is 5.49. The second-order valence-electron chi connectivity index (χ2n) is 5.35. The highest BCUT2D eigenvalue weighted by Gasteiger charge is 2.07. The van der Waals surface area contributed by atoms with E-state index in [1.54, 1.807) is 6.07 Å². The maximum atomic E-state index is 14.2. The van der Waals surface area contributed by atoms with Crippen LogP contribution in [0.15, 0.2) is 59.7 Å². The number of halogens is 1. The number of benzene rings is 2. The molecule has 126 valence electrons. The zero-order chi connectivity index (χ0) is 19.1. The molecule has 0 aliphatic heterocycles. The molecular formula is C19H21FN2O2. The van der Waals surface area contributed by atoms with Gasteiger partial charge in [0, 0.05) is 12.1 Å². The van der Waals surface area contributed by atoms with Gasteiger partial charge in [-0.1, -0.05) is 35.5 Å². The molecule has 0 radical (unpaired) electrons. The maximum absolute atomic E-state index is 14.2. The molecule has 0 unspecified atom stereocenters. The molecule has 24 heavy (non-hydrogen) atoms. The minimum atomic E-state index is -0.550. The molecule has 0 aromatic heterocycles. The van der Waals surface area contributed by atoms with Gasteiger partial charge in [-0.05, 0) is 50.0 Å². The predicted octanol–water partition coefficient (Wildman–Crippen LogP) is 3.53. The fourth-order valence-corrected chi connectivity index (χ4v) is 1.80. The minimum absolute atomic E-state index is 0.0556. The smallest absolute Gasteiger partial charge is 0.132 e. The van der Waals surface area contributed by atoms with Gasteiger partial charge in [-0.2, -0.15) is 0 Å². The van der Waals surface area contributed by atoms with E-state index in [9.17, 15) is 9.50 Å². The molecule has 0 saturated carbocycles. The van der Waals surface area contributed by atoms with Gasteiger partial charge in [0.2, 0.25) is 0 Å². The molecule has 0 heterocycles. The largest absolute Gasteiger partial charge is 0.508 e. The summed E-state index contributed by atoms with van der Waals surface area (Å²) in [5, 5.41) is 13.3. The number of aromatic hydroxyl groups is 1. The first-order chi connectivity index (χ1) is 12.4. The Hall–Kier alpha value is -2.66. The lowest BCUT2D eigenvalue weighted by Gasteiger charge is -2.08. The second-order valence-corrected chi connectivity index (χ2v) is 5.35. The minimum Gasteiger partial charge on any atom is -0.508 e. The van der Waals surface area contributed by atoms with Gasteiger partial charge >= 0.3 is 0 Å². The van der Waals surface area contributed by atoms with Gasteiger partial charge in [-0.15, -0.1) is 0 Å². The SMILES string of the molecule is [2H]C(/C(=N\OCCN(C)C)c1ccccc1F)=C(/[2H])c1ccc(O)cc1. The molecule has 0 bridgehead atoms. The van der Waals surface area contributed by atoms with Crippen molar-refractivity contribution in [2.75, 3.05) is 27.2 Å². The zero-order valence-corrected chi connectivity index (χ0v) is 13.7. The number of phenols is 1. The zero-order valence-electron chi connectivity index (χ0n) is 15.7. The monoisotopic (exact) mass is 330 g/mol. The Bertz CT molecular complexity index is 805. The van der Waals surface area contributed by atoms with E-state index in [2.05, 4.69) is 5.16 Å². The van der Waals surface area contributed by atoms with Gasteiger partial charge in [-0.25, -0.2) is 4.39 Å². The topological polar surface area (TPSA) is 45.1 Å². The lowest BCUT2D eigenvalue weighted by Crippen LogP contribution is -2.17. The summed E-state index contributed by atoms with van der Waals surface area (Å²) in [6.45, 7) is 0.877. The van der Waals surface area contributed by atoms with Crippen molar-refractivity contribution in [2.45, 2.75) is 0 Å². The molecule has 1 N–H and O–H groups in total. The number of rotatable bonds is 7. The predicted molar refractivity (Wildman–Crippen MR) is 94.6 cm³/mol. The van der Waals surface area contributed by atoms with Crippen molar-refractivity contribution in [1.82, 2.24) is 4.90 Å². The van der Waals surface area contributed by atoms with E-state index in [4.69, 9.17) is 7.58 Å². The summed E-state index contributed by atoms with van der Waals surface area (Å²) in [5.41, 5.74) is 0.441.